The molecule has 1 atom stereocenters. The molecule has 2 heterocycles. The molecule has 1 aliphatic heterocycles. The molecule has 4 nitrogen and oxygen atoms in total. The zero-order valence-corrected chi connectivity index (χ0v) is 13.4. The standard InChI is InChI=1S/C15H17Cl2N3O/c1-10(16)15-18-14-11(17)5-4-6-12(14)20(15)9-13(21)19-7-2-3-8-19/h4-6,10H,2-3,7-9H2,1H3. The van der Waals surface area contributed by atoms with Gasteiger partial charge >= 0.3 is 0 Å². The van der Waals surface area contributed by atoms with Gasteiger partial charge in [-0.25, -0.2) is 4.98 Å². The predicted molar refractivity (Wildman–Crippen MR) is 84.8 cm³/mol. The molecule has 0 bridgehead atoms. The van der Waals surface area contributed by atoms with Crippen LogP contribution in [0.15, 0.2) is 18.2 Å². The van der Waals surface area contributed by atoms with Crippen molar-refractivity contribution in [3.05, 3.63) is 29.0 Å². The monoisotopic (exact) mass is 325 g/mol. The van der Waals surface area contributed by atoms with E-state index in [1.165, 1.54) is 0 Å². The number of benzene rings is 1. The lowest BCUT2D eigenvalue weighted by Gasteiger charge is -2.17. The van der Waals surface area contributed by atoms with Gasteiger partial charge in [0.1, 0.15) is 17.9 Å². The molecule has 1 unspecified atom stereocenters. The highest BCUT2D eigenvalue weighted by molar-refractivity contribution is 6.35. The van der Waals surface area contributed by atoms with Crippen LogP contribution in [0, 0.1) is 0 Å². The fourth-order valence-corrected chi connectivity index (χ4v) is 3.18. The molecule has 1 amide bonds. The van der Waals surface area contributed by atoms with E-state index in [2.05, 4.69) is 4.98 Å². The minimum Gasteiger partial charge on any atom is -0.341 e. The maximum atomic E-state index is 12.4. The third kappa shape index (κ3) is 2.74. The smallest absolute Gasteiger partial charge is 0.242 e. The van der Waals surface area contributed by atoms with E-state index < -0.39 is 0 Å². The quantitative estimate of drug-likeness (QED) is 0.808. The first-order valence-electron chi connectivity index (χ1n) is 7.14. The van der Waals surface area contributed by atoms with Crippen LogP contribution in [0.2, 0.25) is 5.02 Å². The van der Waals surface area contributed by atoms with Crippen molar-refractivity contribution in [3.63, 3.8) is 0 Å². The average molecular weight is 326 g/mol. The van der Waals surface area contributed by atoms with Gasteiger partial charge in [0.15, 0.2) is 0 Å². The molecule has 21 heavy (non-hydrogen) atoms. The van der Waals surface area contributed by atoms with Gasteiger partial charge in [0, 0.05) is 13.1 Å². The number of likely N-dealkylation sites (tertiary alicyclic amines) is 1. The Morgan fingerprint density at radius 2 is 2.10 bits per heavy atom. The second kappa shape index (κ2) is 5.85. The lowest BCUT2D eigenvalue weighted by molar-refractivity contribution is -0.130. The summed E-state index contributed by atoms with van der Waals surface area (Å²) >= 11 is 12.4. The fraction of sp³-hybridized carbons (Fsp3) is 0.467. The number of hydrogen-bond acceptors (Lipinski definition) is 2. The number of aromatic nitrogens is 2. The number of carbonyl (C=O) groups excluding carboxylic acids is 1. The van der Waals surface area contributed by atoms with Gasteiger partial charge in [-0.1, -0.05) is 17.7 Å². The number of carbonyl (C=O) groups is 1. The number of nitrogens with zero attached hydrogens (tertiary/aromatic N) is 3. The van der Waals surface area contributed by atoms with Gasteiger partial charge < -0.3 is 9.47 Å². The summed E-state index contributed by atoms with van der Waals surface area (Å²) in [7, 11) is 0. The van der Waals surface area contributed by atoms with Crippen LogP contribution in [0.4, 0.5) is 0 Å². The molecular weight excluding hydrogens is 309 g/mol. The van der Waals surface area contributed by atoms with Crippen LogP contribution in [0.3, 0.4) is 0 Å². The van der Waals surface area contributed by atoms with Gasteiger partial charge in [0.25, 0.3) is 0 Å². The molecule has 1 saturated heterocycles. The van der Waals surface area contributed by atoms with Gasteiger partial charge in [-0.05, 0) is 31.9 Å². The fourth-order valence-electron chi connectivity index (χ4n) is 2.80. The van der Waals surface area contributed by atoms with Crippen LogP contribution >= 0.6 is 23.2 Å². The van der Waals surface area contributed by atoms with Crippen molar-refractivity contribution in [2.45, 2.75) is 31.7 Å². The molecule has 112 valence electrons. The zero-order valence-electron chi connectivity index (χ0n) is 11.9. The zero-order chi connectivity index (χ0) is 15.0. The largest absolute Gasteiger partial charge is 0.341 e. The Morgan fingerprint density at radius 1 is 1.38 bits per heavy atom. The molecule has 0 radical (unpaired) electrons. The summed E-state index contributed by atoms with van der Waals surface area (Å²) in [6, 6.07) is 5.59. The van der Waals surface area contributed by atoms with Gasteiger partial charge in [0.2, 0.25) is 5.91 Å². The van der Waals surface area contributed by atoms with E-state index in [9.17, 15) is 4.79 Å². The molecule has 1 aromatic carbocycles. The van der Waals surface area contributed by atoms with Crippen LogP contribution in [0.1, 0.15) is 31.0 Å². The molecule has 0 N–H and O–H groups in total. The molecule has 1 fully saturated rings. The average Bonchev–Trinajstić information content (AvgIpc) is 3.07. The summed E-state index contributed by atoms with van der Waals surface area (Å²) in [5, 5.41) is 0.304. The van der Waals surface area contributed by atoms with Gasteiger partial charge in [-0.2, -0.15) is 0 Å². The summed E-state index contributed by atoms with van der Waals surface area (Å²) in [5.41, 5.74) is 1.56. The third-order valence-electron chi connectivity index (χ3n) is 3.87. The highest BCUT2D eigenvalue weighted by atomic mass is 35.5. The molecule has 2 aromatic rings. The molecule has 0 aliphatic carbocycles. The summed E-state index contributed by atoms with van der Waals surface area (Å²) in [4.78, 5) is 18.8. The Hall–Kier alpha value is -1.26. The topological polar surface area (TPSA) is 38.1 Å². The van der Waals surface area contributed by atoms with Crippen molar-refractivity contribution in [2.24, 2.45) is 0 Å². The van der Waals surface area contributed by atoms with Crippen LogP contribution in [-0.4, -0.2) is 33.4 Å². The lowest BCUT2D eigenvalue weighted by Crippen LogP contribution is -2.31. The number of hydrogen-bond donors (Lipinski definition) is 0. The minimum atomic E-state index is -0.278. The Balaban J connectivity index is 2.01. The van der Waals surface area contributed by atoms with Crippen LogP contribution < -0.4 is 0 Å². The van der Waals surface area contributed by atoms with E-state index in [0.29, 0.717) is 16.4 Å². The Morgan fingerprint density at radius 3 is 2.76 bits per heavy atom. The first-order valence-corrected chi connectivity index (χ1v) is 7.96. The third-order valence-corrected chi connectivity index (χ3v) is 4.37. The van der Waals surface area contributed by atoms with E-state index in [1.807, 2.05) is 28.5 Å². The minimum absolute atomic E-state index is 0.116. The number of amides is 1. The number of para-hydroxylation sites is 1. The van der Waals surface area contributed by atoms with Gasteiger partial charge in [-0.15, -0.1) is 11.6 Å². The van der Waals surface area contributed by atoms with E-state index in [4.69, 9.17) is 23.2 Å². The molecule has 0 spiro atoms. The first kappa shape index (κ1) is 14.7. The highest BCUT2D eigenvalue weighted by Gasteiger charge is 2.22. The predicted octanol–water partition coefficient (Wildman–Crippen LogP) is 3.61. The molecular formula is C15H17Cl2N3O. The Kier molecular flexibility index (Phi) is 4.09. The second-order valence-corrected chi connectivity index (χ2v) is 6.43. The van der Waals surface area contributed by atoms with E-state index in [1.54, 1.807) is 6.07 Å². The summed E-state index contributed by atoms with van der Waals surface area (Å²) in [6.45, 7) is 3.81. The number of halogens is 2. The Labute approximate surface area is 133 Å². The van der Waals surface area contributed by atoms with Crippen molar-refractivity contribution < 1.29 is 4.79 Å². The van der Waals surface area contributed by atoms with Crippen LogP contribution in [0.5, 0.6) is 0 Å². The number of fused-ring (bicyclic) bond motifs is 1. The molecule has 1 aromatic heterocycles. The normalized spacial score (nSPS) is 16.6. The summed E-state index contributed by atoms with van der Waals surface area (Å²) in [6.07, 6.45) is 2.17. The molecule has 6 heteroatoms. The maximum absolute atomic E-state index is 12.4. The van der Waals surface area contributed by atoms with Crippen molar-refractivity contribution in [2.75, 3.05) is 13.1 Å². The number of rotatable bonds is 3. The molecule has 1 aliphatic rings. The lowest BCUT2D eigenvalue weighted by atomic mass is 10.3. The van der Waals surface area contributed by atoms with Gasteiger partial charge in [0.05, 0.1) is 15.9 Å². The van der Waals surface area contributed by atoms with Crippen molar-refractivity contribution in [1.82, 2.24) is 14.5 Å². The SMILES string of the molecule is CC(Cl)c1nc2c(Cl)cccc2n1CC(=O)N1CCCC1. The van der Waals surface area contributed by atoms with E-state index in [0.717, 1.165) is 31.4 Å². The molecule has 3 rings (SSSR count). The maximum Gasteiger partial charge on any atom is 0.242 e. The van der Waals surface area contributed by atoms with Crippen LogP contribution in [0.25, 0.3) is 11.0 Å². The Bertz CT molecular complexity index is 675. The summed E-state index contributed by atoms with van der Waals surface area (Å²) in [5.74, 6) is 0.803. The second-order valence-electron chi connectivity index (χ2n) is 5.37. The van der Waals surface area contributed by atoms with Gasteiger partial charge in [-0.3, -0.25) is 4.79 Å². The van der Waals surface area contributed by atoms with Crippen molar-refractivity contribution in [1.29, 1.82) is 0 Å². The first-order chi connectivity index (χ1) is 10.1. The number of alkyl halides is 1. The summed E-state index contributed by atoms with van der Waals surface area (Å²) < 4.78 is 1.89. The van der Waals surface area contributed by atoms with Crippen molar-refractivity contribution >= 4 is 40.1 Å². The van der Waals surface area contributed by atoms with Crippen molar-refractivity contribution in [3.8, 4) is 0 Å². The van der Waals surface area contributed by atoms with E-state index >= 15 is 0 Å². The highest BCUT2D eigenvalue weighted by Crippen LogP contribution is 2.29. The number of imidazole rings is 1. The molecule has 0 saturated carbocycles. The van der Waals surface area contributed by atoms with Crippen LogP contribution in [-0.2, 0) is 11.3 Å². The van der Waals surface area contributed by atoms with E-state index in [-0.39, 0.29) is 17.8 Å².